The number of aromatic amines is 1. The van der Waals surface area contributed by atoms with E-state index in [-0.39, 0.29) is 11.6 Å². The van der Waals surface area contributed by atoms with E-state index >= 15 is 0 Å². The molecular formula is C19H18N2O5. The Morgan fingerprint density at radius 2 is 1.92 bits per heavy atom. The highest BCUT2D eigenvalue weighted by molar-refractivity contribution is 5.90. The van der Waals surface area contributed by atoms with Crippen molar-refractivity contribution < 1.29 is 19.2 Å². The van der Waals surface area contributed by atoms with Gasteiger partial charge in [0.25, 0.3) is 5.69 Å². The summed E-state index contributed by atoms with van der Waals surface area (Å²) < 4.78 is 10.2. The summed E-state index contributed by atoms with van der Waals surface area (Å²) in [6, 6.07) is 9.85. The first-order chi connectivity index (χ1) is 12.5. The van der Waals surface area contributed by atoms with Crippen LogP contribution in [0.4, 0.5) is 5.69 Å². The number of nitro benzene ring substituents is 1. The molecule has 0 saturated carbocycles. The Bertz CT molecular complexity index is 993. The van der Waals surface area contributed by atoms with Crippen molar-refractivity contribution in [1.29, 1.82) is 0 Å². The number of non-ortho nitro benzene ring substituents is 1. The van der Waals surface area contributed by atoms with E-state index < -0.39 is 10.9 Å². The zero-order valence-electron chi connectivity index (χ0n) is 14.6. The number of fused-ring (bicyclic) bond motifs is 1. The number of nitrogens with zero attached hydrogens (tertiary/aromatic N) is 1. The lowest BCUT2D eigenvalue weighted by Gasteiger charge is -2.16. The molecule has 1 atom stereocenters. The van der Waals surface area contributed by atoms with Gasteiger partial charge in [0.2, 0.25) is 0 Å². The molecule has 7 heteroatoms. The first kappa shape index (κ1) is 17.5. The van der Waals surface area contributed by atoms with E-state index in [9.17, 15) is 14.9 Å². The average molecular weight is 354 g/mol. The van der Waals surface area contributed by atoms with E-state index in [1.807, 2.05) is 19.2 Å². The van der Waals surface area contributed by atoms with Gasteiger partial charge in [0.15, 0.2) is 0 Å². The number of esters is 1. The molecule has 3 aromatic rings. The Balaban J connectivity index is 2.08. The van der Waals surface area contributed by atoms with Gasteiger partial charge in [0.05, 0.1) is 24.7 Å². The van der Waals surface area contributed by atoms with E-state index in [0.29, 0.717) is 11.3 Å². The summed E-state index contributed by atoms with van der Waals surface area (Å²) in [6.07, 6.45) is 1.84. The number of carbonyl (C=O) groups is 1. The number of hydrogen-bond donors (Lipinski definition) is 1. The van der Waals surface area contributed by atoms with E-state index in [0.717, 1.165) is 22.0 Å². The molecule has 0 bridgehead atoms. The standard InChI is InChI=1S/C19H18N2O5/c1-11(14-6-4-12(19(22)26-3)8-18(14)25-2)16-10-20-17-7-5-13(21(23)24)9-15(16)17/h4-11,20H,1-3H3. The van der Waals surface area contributed by atoms with Gasteiger partial charge in [-0.1, -0.05) is 13.0 Å². The fourth-order valence-electron chi connectivity index (χ4n) is 3.08. The molecule has 0 saturated heterocycles. The largest absolute Gasteiger partial charge is 0.496 e. The van der Waals surface area contributed by atoms with Gasteiger partial charge in [-0.2, -0.15) is 0 Å². The fraction of sp³-hybridized carbons (Fsp3) is 0.211. The lowest BCUT2D eigenvalue weighted by Crippen LogP contribution is -2.04. The molecule has 2 aromatic carbocycles. The molecule has 0 amide bonds. The van der Waals surface area contributed by atoms with Crippen LogP contribution in [-0.4, -0.2) is 30.1 Å². The summed E-state index contributed by atoms with van der Waals surface area (Å²) in [7, 11) is 2.86. The van der Waals surface area contributed by atoms with E-state index in [4.69, 9.17) is 9.47 Å². The number of ether oxygens (including phenoxy) is 2. The number of rotatable bonds is 5. The Hall–Kier alpha value is -3.35. The highest BCUT2D eigenvalue weighted by atomic mass is 16.6. The van der Waals surface area contributed by atoms with Crippen LogP contribution in [0.25, 0.3) is 10.9 Å². The summed E-state index contributed by atoms with van der Waals surface area (Å²) in [4.78, 5) is 25.5. The zero-order chi connectivity index (χ0) is 18.8. The number of nitrogens with one attached hydrogen (secondary N) is 1. The molecule has 7 nitrogen and oxygen atoms in total. The Morgan fingerprint density at radius 1 is 1.15 bits per heavy atom. The minimum atomic E-state index is -0.440. The smallest absolute Gasteiger partial charge is 0.337 e. The Labute approximate surface area is 149 Å². The van der Waals surface area contributed by atoms with E-state index in [1.165, 1.54) is 20.3 Å². The van der Waals surface area contributed by atoms with E-state index in [1.54, 1.807) is 24.3 Å². The second kappa shape index (κ2) is 6.87. The summed E-state index contributed by atoms with van der Waals surface area (Å²) in [6.45, 7) is 1.98. The maximum atomic E-state index is 11.7. The maximum Gasteiger partial charge on any atom is 0.337 e. The molecule has 0 aliphatic carbocycles. The highest BCUT2D eigenvalue weighted by Crippen LogP contribution is 2.36. The number of methoxy groups -OCH3 is 2. The van der Waals surface area contributed by atoms with Crippen molar-refractivity contribution >= 4 is 22.6 Å². The van der Waals surface area contributed by atoms with Crippen LogP contribution in [0.5, 0.6) is 5.75 Å². The molecule has 1 heterocycles. The molecule has 1 unspecified atom stereocenters. The molecule has 0 fully saturated rings. The Kier molecular flexibility index (Phi) is 4.62. The molecule has 0 spiro atoms. The second-order valence-corrected chi connectivity index (χ2v) is 5.90. The minimum absolute atomic E-state index is 0.0403. The lowest BCUT2D eigenvalue weighted by molar-refractivity contribution is -0.384. The number of carbonyl (C=O) groups excluding carboxylic acids is 1. The van der Waals surface area contributed by atoms with Crippen molar-refractivity contribution in [1.82, 2.24) is 4.98 Å². The van der Waals surface area contributed by atoms with Gasteiger partial charge < -0.3 is 14.5 Å². The monoisotopic (exact) mass is 354 g/mol. The number of nitro groups is 1. The van der Waals surface area contributed by atoms with Gasteiger partial charge in [-0.05, 0) is 23.8 Å². The first-order valence-corrected chi connectivity index (χ1v) is 7.98. The van der Waals surface area contributed by atoms with Gasteiger partial charge in [0, 0.05) is 40.7 Å². The molecule has 26 heavy (non-hydrogen) atoms. The predicted octanol–water partition coefficient (Wildman–Crippen LogP) is 4.02. The highest BCUT2D eigenvalue weighted by Gasteiger charge is 2.20. The van der Waals surface area contributed by atoms with Crippen molar-refractivity contribution in [3.05, 3.63) is 69.4 Å². The van der Waals surface area contributed by atoms with Crippen molar-refractivity contribution in [2.75, 3.05) is 14.2 Å². The normalized spacial score (nSPS) is 12.0. The SMILES string of the molecule is COC(=O)c1ccc(C(C)c2c[nH]c3ccc([N+](=O)[O-])cc23)c(OC)c1. The van der Waals surface area contributed by atoms with Crippen molar-refractivity contribution in [2.45, 2.75) is 12.8 Å². The molecule has 1 N–H and O–H groups in total. The molecule has 134 valence electrons. The second-order valence-electron chi connectivity index (χ2n) is 5.90. The van der Waals surface area contributed by atoms with Crippen LogP contribution in [0.2, 0.25) is 0 Å². The number of benzene rings is 2. The van der Waals surface area contributed by atoms with Crippen LogP contribution in [-0.2, 0) is 4.74 Å². The minimum Gasteiger partial charge on any atom is -0.496 e. The lowest BCUT2D eigenvalue weighted by atomic mass is 9.91. The first-order valence-electron chi connectivity index (χ1n) is 7.98. The van der Waals surface area contributed by atoms with Crippen molar-refractivity contribution in [3.8, 4) is 5.75 Å². The average Bonchev–Trinajstić information content (AvgIpc) is 3.09. The third-order valence-corrected chi connectivity index (χ3v) is 4.50. The third-order valence-electron chi connectivity index (χ3n) is 4.50. The summed E-state index contributed by atoms with van der Waals surface area (Å²) >= 11 is 0. The molecule has 0 radical (unpaired) electrons. The number of hydrogen-bond acceptors (Lipinski definition) is 5. The summed E-state index contributed by atoms with van der Waals surface area (Å²) in [5.41, 5.74) is 3.04. The molecule has 3 rings (SSSR count). The fourth-order valence-corrected chi connectivity index (χ4v) is 3.08. The van der Waals surface area contributed by atoms with Gasteiger partial charge in [-0.25, -0.2) is 4.79 Å². The van der Waals surface area contributed by atoms with Crippen LogP contribution in [0.1, 0.15) is 34.3 Å². The Morgan fingerprint density at radius 3 is 2.58 bits per heavy atom. The van der Waals surface area contributed by atoms with Gasteiger partial charge in [-0.15, -0.1) is 0 Å². The van der Waals surface area contributed by atoms with Crippen LogP contribution in [0.15, 0.2) is 42.6 Å². The van der Waals surface area contributed by atoms with Crippen molar-refractivity contribution in [3.63, 3.8) is 0 Å². The van der Waals surface area contributed by atoms with Crippen molar-refractivity contribution in [2.24, 2.45) is 0 Å². The molecule has 0 aliphatic rings. The van der Waals surface area contributed by atoms with Gasteiger partial charge >= 0.3 is 5.97 Å². The van der Waals surface area contributed by atoms with E-state index in [2.05, 4.69) is 4.98 Å². The van der Waals surface area contributed by atoms with Crippen LogP contribution >= 0.6 is 0 Å². The number of H-pyrrole nitrogens is 1. The van der Waals surface area contributed by atoms with Gasteiger partial charge in [0.1, 0.15) is 5.75 Å². The quantitative estimate of drug-likeness (QED) is 0.424. The maximum absolute atomic E-state index is 11.7. The zero-order valence-corrected chi connectivity index (χ0v) is 14.6. The van der Waals surface area contributed by atoms with Crippen LogP contribution < -0.4 is 4.74 Å². The summed E-state index contributed by atoms with van der Waals surface area (Å²) in [5.74, 6) is 0.0119. The van der Waals surface area contributed by atoms with Crippen LogP contribution in [0.3, 0.4) is 0 Å². The summed E-state index contributed by atoms with van der Waals surface area (Å²) in [5, 5.41) is 11.9. The topological polar surface area (TPSA) is 94.5 Å². The van der Waals surface area contributed by atoms with Gasteiger partial charge in [-0.3, -0.25) is 10.1 Å². The predicted molar refractivity (Wildman–Crippen MR) is 96.8 cm³/mol. The molecular weight excluding hydrogens is 336 g/mol. The third kappa shape index (κ3) is 2.99. The molecule has 0 aliphatic heterocycles. The number of aromatic nitrogens is 1. The van der Waals surface area contributed by atoms with Crippen LogP contribution in [0, 0.1) is 10.1 Å². The molecule has 1 aromatic heterocycles.